The first-order chi connectivity index (χ1) is 11.1. The average molecular weight is 357 g/mol. The number of hydrogen-bond donors (Lipinski definition) is 3. The Morgan fingerprint density at radius 1 is 1.42 bits per heavy atom. The Labute approximate surface area is 143 Å². The molecule has 0 radical (unpaired) electrons. The number of carbonyl (C=O) groups excluding carboxylic acids is 1. The Morgan fingerprint density at radius 2 is 2.08 bits per heavy atom. The molecule has 3 atom stereocenters. The van der Waals surface area contributed by atoms with Gasteiger partial charge < -0.3 is 10.6 Å². The summed E-state index contributed by atoms with van der Waals surface area (Å²) in [7, 11) is -2.12. The molecule has 3 unspecified atom stereocenters. The van der Waals surface area contributed by atoms with E-state index in [2.05, 4.69) is 20.5 Å². The van der Waals surface area contributed by atoms with Crippen LogP contribution in [0.15, 0.2) is 4.90 Å². The minimum Gasteiger partial charge on any atom is -0.350 e. The molecule has 0 spiro atoms. The lowest BCUT2D eigenvalue weighted by Crippen LogP contribution is -2.55. The molecule has 0 aliphatic carbocycles. The Kier molecular flexibility index (Phi) is 5.67. The monoisotopic (exact) mass is 357 g/mol. The largest absolute Gasteiger partial charge is 0.350 e. The molecule has 136 valence electrons. The summed E-state index contributed by atoms with van der Waals surface area (Å²) in [6, 6.07) is -0.669. The van der Waals surface area contributed by atoms with Gasteiger partial charge in [-0.1, -0.05) is 0 Å². The number of aromatic nitrogens is 2. The second kappa shape index (κ2) is 7.20. The molecule has 1 fully saturated rings. The predicted octanol–water partition coefficient (Wildman–Crippen LogP) is -0.0396. The van der Waals surface area contributed by atoms with Crippen LogP contribution >= 0.6 is 0 Å². The van der Waals surface area contributed by atoms with Crippen molar-refractivity contribution in [2.24, 2.45) is 7.05 Å². The van der Waals surface area contributed by atoms with Crippen molar-refractivity contribution in [1.82, 2.24) is 25.1 Å². The number of amides is 1. The van der Waals surface area contributed by atoms with E-state index < -0.39 is 16.1 Å². The maximum Gasteiger partial charge on any atom is 0.244 e. The van der Waals surface area contributed by atoms with Crippen molar-refractivity contribution in [3.63, 3.8) is 0 Å². The second-order valence-corrected chi connectivity index (χ2v) is 8.12. The van der Waals surface area contributed by atoms with Crippen molar-refractivity contribution in [3.05, 3.63) is 11.4 Å². The first-order valence-electron chi connectivity index (χ1n) is 8.19. The lowest BCUT2D eigenvalue weighted by Gasteiger charge is -2.31. The van der Waals surface area contributed by atoms with E-state index in [9.17, 15) is 13.2 Å². The van der Waals surface area contributed by atoms with Gasteiger partial charge in [-0.3, -0.25) is 9.48 Å². The lowest BCUT2D eigenvalue weighted by molar-refractivity contribution is -0.123. The average Bonchev–Trinajstić information content (AvgIpc) is 2.74. The highest BCUT2D eigenvalue weighted by molar-refractivity contribution is 7.89. The van der Waals surface area contributed by atoms with E-state index in [4.69, 9.17) is 0 Å². The quantitative estimate of drug-likeness (QED) is 0.686. The third kappa shape index (κ3) is 3.96. The minimum atomic E-state index is -3.81. The molecule has 0 bridgehead atoms. The lowest BCUT2D eigenvalue weighted by atomic mass is 9.99. The molecule has 0 saturated carbocycles. The van der Waals surface area contributed by atoms with Gasteiger partial charge in [0.1, 0.15) is 4.90 Å². The SMILES string of the molecule is Cc1nn(C)c(C)c1S(=O)(=O)NC(C)C(=O)NC1CCCNC1C. The molecule has 0 aromatic carbocycles. The molecule has 2 heterocycles. The van der Waals surface area contributed by atoms with Crippen LogP contribution in [0.5, 0.6) is 0 Å². The highest BCUT2D eigenvalue weighted by Gasteiger charge is 2.29. The molecular formula is C15H27N5O3S. The van der Waals surface area contributed by atoms with Crippen molar-refractivity contribution < 1.29 is 13.2 Å². The Bertz CT molecular complexity index is 713. The first-order valence-corrected chi connectivity index (χ1v) is 9.68. The van der Waals surface area contributed by atoms with Gasteiger partial charge in [0.25, 0.3) is 0 Å². The van der Waals surface area contributed by atoms with E-state index in [0.29, 0.717) is 11.4 Å². The van der Waals surface area contributed by atoms with E-state index in [1.807, 2.05) is 6.92 Å². The first kappa shape index (κ1) is 18.9. The standard InChI is InChI=1S/C15H27N5O3S/c1-9-13(7-6-8-16-9)17-15(21)11(3)19-24(22,23)14-10(2)18-20(5)12(14)4/h9,11,13,16,19H,6-8H2,1-5H3,(H,17,21). The number of rotatable bonds is 5. The Hall–Kier alpha value is -1.45. The zero-order valence-electron chi connectivity index (χ0n) is 14.9. The molecule has 1 aromatic rings. The third-order valence-electron chi connectivity index (χ3n) is 4.53. The maximum absolute atomic E-state index is 12.6. The number of nitrogens with zero attached hydrogens (tertiary/aromatic N) is 2. The summed E-state index contributed by atoms with van der Waals surface area (Å²) < 4.78 is 29.2. The van der Waals surface area contributed by atoms with Gasteiger partial charge in [0, 0.05) is 19.1 Å². The van der Waals surface area contributed by atoms with Crippen molar-refractivity contribution in [3.8, 4) is 0 Å². The molecule has 8 nitrogen and oxygen atoms in total. The molecule has 1 aromatic heterocycles. The van der Waals surface area contributed by atoms with Crippen LogP contribution in [0.1, 0.15) is 38.1 Å². The number of aryl methyl sites for hydroxylation is 2. The summed E-state index contributed by atoms with van der Waals surface area (Å²) >= 11 is 0. The Morgan fingerprint density at radius 3 is 2.62 bits per heavy atom. The molecule has 1 aliphatic heterocycles. The van der Waals surface area contributed by atoms with Gasteiger partial charge in [-0.05, 0) is 47.1 Å². The van der Waals surface area contributed by atoms with Crippen molar-refractivity contribution in [2.45, 2.75) is 63.6 Å². The van der Waals surface area contributed by atoms with Gasteiger partial charge in [0.2, 0.25) is 15.9 Å². The smallest absolute Gasteiger partial charge is 0.244 e. The minimum absolute atomic E-state index is 0.0140. The summed E-state index contributed by atoms with van der Waals surface area (Å²) in [6.45, 7) is 7.84. The molecule has 2 rings (SSSR count). The summed E-state index contributed by atoms with van der Waals surface area (Å²) in [5, 5.41) is 10.4. The molecule has 1 saturated heterocycles. The number of nitrogens with one attached hydrogen (secondary N) is 3. The highest BCUT2D eigenvalue weighted by atomic mass is 32.2. The molecule has 24 heavy (non-hydrogen) atoms. The van der Waals surface area contributed by atoms with Crippen molar-refractivity contribution in [2.75, 3.05) is 6.54 Å². The number of piperidine rings is 1. The van der Waals surface area contributed by atoms with Crippen LogP contribution in [0.3, 0.4) is 0 Å². The zero-order chi connectivity index (χ0) is 18.1. The van der Waals surface area contributed by atoms with E-state index in [0.717, 1.165) is 19.4 Å². The molecule has 3 N–H and O–H groups in total. The number of sulfonamides is 1. The fraction of sp³-hybridized carbons (Fsp3) is 0.733. The summed E-state index contributed by atoms with van der Waals surface area (Å²) in [5.41, 5.74) is 0.956. The molecule has 1 aliphatic rings. The van der Waals surface area contributed by atoms with E-state index in [1.165, 1.54) is 4.68 Å². The van der Waals surface area contributed by atoms with Crippen molar-refractivity contribution >= 4 is 15.9 Å². The van der Waals surface area contributed by atoms with Crippen LogP contribution < -0.4 is 15.4 Å². The normalized spacial score (nSPS) is 23.0. The third-order valence-corrected chi connectivity index (χ3v) is 6.32. The van der Waals surface area contributed by atoms with Gasteiger partial charge in [-0.15, -0.1) is 0 Å². The van der Waals surface area contributed by atoms with E-state index in [-0.39, 0.29) is 22.9 Å². The van der Waals surface area contributed by atoms with E-state index in [1.54, 1.807) is 27.8 Å². The molecule has 9 heteroatoms. The fourth-order valence-corrected chi connectivity index (χ4v) is 4.68. The van der Waals surface area contributed by atoms with Crippen LogP contribution in [0.25, 0.3) is 0 Å². The fourth-order valence-electron chi connectivity index (χ4n) is 3.04. The summed E-state index contributed by atoms with van der Waals surface area (Å²) in [4.78, 5) is 12.5. The second-order valence-electron chi connectivity index (χ2n) is 6.47. The summed E-state index contributed by atoms with van der Waals surface area (Å²) in [5.74, 6) is -0.321. The number of hydrogen-bond acceptors (Lipinski definition) is 5. The van der Waals surface area contributed by atoms with Gasteiger partial charge in [0.05, 0.1) is 17.4 Å². The molecule has 1 amide bonds. The van der Waals surface area contributed by atoms with Gasteiger partial charge in [-0.25, -0.2) is 8.42 Å². The van der Waals surface area contributed by atoms with Crippen molar-refractivity contribution in [1.29, 1.82) is 0 Å². The number of carbonyl (C=O) groups is 1. The van der Waals surface area contributed by atoms with Crippen LogP contribution in [-0.4, -0.2) is 48.8 Å². The van der Waals surface area contributed by atoms with Crippen LogP contribution in [0, 0.1) is 13.8 Å². The highest BCUT2D eigenvalue weighted by Crippen LogP contribution is 2.18. The van der Waals surface area contributed by atoms with Crippen LogP contribution in [0.2, 0.25) is 0 Å². The zero-order valence-corrected chi connectivity index (χ0v) is 15.7. The van der Waals surface area contributed by atoms with Crippen LogP contribution in [-0.2, 0) is 21.9 Å². The topological polar surface area (TPSA) is 105 Å². The van der Waals surface area contributed by atoms with Gasteiger partial charge in [-0.2, -0.15) is 9.82 Å². The predicted molar refractivity (Wildman–Crippen MR) is 91.1 cm³/mol. The van der Waals surface area contributed by atoms with Gasteiger partial charge >= 0.3 is 0 Å². The van der Waals surface area contributed by atoms with Gasteiger partial charge in [0.15, 0.2) is 0 Å². The summed E-state index contributed by atoms with van der Waals surface area (Å²) in [6.07, 6.45) is 1.88. The Balaban J connectivity index is 2.07. The molecular weight excluding hydrogens is 330 g/mol. The van der Waals surface area contributed by atoms with E-state index >= 15 is 0 Å². The maximum atomic E-state index is 12.6. The van der Waals surface area contributed by atoms with Crippen LogP contribution in [0.4, 0.5) is 0 Å².